The van der Waals surface area contributed by atoms with E-state index in [2.05, 4.69) is 41.5 Å². The van der Waals surface area contributed by atoms with E-state index in [4.69, 9.17) is 4.74 Å². The minimum absolute atomic E-state index is 0.0824. The van der Waals surface area contributed by atoms with Crippen LogP contribution in [0.3, 0.4) is 0 Å². The highest BCUT2D eigenvalue weighted by molar-refractivity contribution is 5.82. The normalized spacial score (nSPS) is 41.5. The van der Waals surface area contributed by atoms with E-state index in [9.17, 15) is 9.59 Å². The predicted octanol–water partition coefficient (Wildman–Crippen LogP) is 7.53. The van der Waals surface area contributed by atoms with Crippen LogP contribution < -0.4 is 0 Å². The van der Waals surface area contributed by atoms with Gasteiger partial charge < -0.3 is 4.74 Å². The van der Waals surface area contributed by atoms with Crippen LogP contribution in [-0.4, -0.2) is 17.9 Å². The number of ether oxygens (including phenoxy) is 1. The first-order valence-electron chi connectivity index (χ1n) is 13.9. The largest absolute Gasteiger partial charge is 0.458 e. The standard InChI is InChI=1S/C30H48O3/c1-18(2)9-8-10-19(3)22-11-12-23-28-24(13-15-29(22,23)6)30(7)16-14-26(32)20(4)25(30)17-27(28)33-21(5)31/h18-20,22,24-25,27H,8-17H2,1-7H3/t19-,20+,22-,24+,25?,27-,29-,30-/m1/s1. The van der Waals surface area contributed by atoms with E-state index < -0.39 is 0 Å². The van der Waals surface area contributed by atoms with Crippen LogP contribution in [0.25, 0.3) is 0 Å². The second-order valence-corrected chi connectivity index (χ2v) is 13.1. The lowest BCUT2D eigenvalue weighted by molar-refractivity contribution is -0.153. The van der Waals surface area contributed by atoms with Crippen LogP contribution in [-0.2, 0) is 14.3 Å². The molecule has 4 rings (SSSR count). The second kappa shape index (κ2) is 9.15. The van der Waals surface area contributed by atoms with E-state index in [1.165, 1.54) is 50.5 Å². The van der Waals surface area contributed by atoms with Gasteiger partial charge >= 0.3 is 5.97 Å². The molecule has 0 aromatic heterocycles. The Balaban J connectivity index is 1.68. The van der Waals surface area contributed by atoms with Crippen molar-refractivity contribution in [1.82, 2.24) is 0 Å². The molecule has 0 heterocycles. The number of allylic oxidation sites excluding steroid dienone is 1. The van der Waals surface area contributed by atoms with Crippen LogP contribution in [0.2, 0.25) is 0 Å². The molecular weight excluding hydrogens is 408 g/mol. The molecule has 3 heteroatoms. The number of hydrogen-bond donors (Lipinski definition) is 0. The SMILES string of the molecule is CC(=O)O[C@@H]1CC2[C@H](C)C(=O)CC[C@]2(C)[C@H]2CC[C@@]3(C)C(=C12)CC[C@@H]3[C@H](C)CCCC(C)C. The average Bonchev–Trinajstić information content (AvgIpc) is 3.09. The molecule has 0 aliphatic heterocycles. The maximum absolute atomic E-state index is 12.6. The predicted molar refractivity (Wildman–Crippen MR) is 134 cm³/mol. The minimum atomic E-state index is -0.172. The second-order valence-electron chi connectivity index (χ2n) is 13.1. The third-order valence-corrected chi connectivity index (χ3v) is 10.8. The molecule has 0 N–H and O–H groups in total. The Labute approximate surface area is 202 Å². The number of Topliss-reactive ketones (excluding diaryl/α,β-unsaturated/α-hetero) is 1. The molecule has 186 valence electrons. The Bertz CT molecular complexity index is 809. The van der Waals surface area contributed by atoms with Gasteiger partial charge in [-0.05, 0) is 84.5 Å². The fraction of sp³-hybridized carbons (Fsp3) is 0.867. The van der Waals surface area contributed by atoms with Crippen molar-refractivity contribution >= 4 is 11.8 Å². The van der Waals surface area contributed by atoms with Crippen LogP contribution in [0.4, 0.5) is 0 Å². The van der Waals surface area contributed by atoms with Gasteiger partial charge in [0.15, 0.2) is 0 Å². The fourth-order valence-electron chi connectivity index (χ4n) is 8.99. The summed E-state index contributed by atoms with van der Waals surface area (Å²) in [6.45, 7) is 15.8. The van der Waals surface area contributed by atoms with E-state index in [0.29, 0.717) is 17.6 Å². The Hall–Kier alpha value is -1.12. The maximum Gasteiger partial charge on any atom is 0.303 e. The van der Waals surface area contributed by atoms with Crippen LogP contribution in [0.15, 0.2) is 11.1 Å². The van der Waals surface area contributed by atoms with E-state index in [-0.39, 0.29) is 28.8 Å². The molecule has 0 aromatic carbocycles. The molecule has 0 radical (unpaired) electrons. The molecule has 33 heavy (non-hydrogen) atoms. The lowest BCUT2D eigenvalue weighted by Gasteiger charge is -2.58. The monoisotopic (exact) mass is 456 g/mol. The number of fused-ring (bicyclic) bond motifs is 4. The van der Waals surface area contributed by atoms with Crippen LogP contribution in [0.5, 0.6) is 0 Å². The molecule has 0 amide bonds. The van der Waals surface area contributed by atoms with E-state index in [1.54, 1.807) is 12.5 Å². The van der Waals surface area contributed by atoms with Crippen molar-refractivity contribution in [2.45, 2.75) is 119 Å². The van der Waals surface area contributed by atoms with Crippen molar-refractivity contribution in [2.75, 3.05) is 0 Å². The van der Waals surface area contributed by atoms with Gasteiger partial charge in [0.2, 0.25) is 0 Å². The number of hydrogen-bond acceptors (Lipinski definition) is 3. The van der Waals surface area contributed by atoms with Gasteiger partial charge in [0, 0.05) is 19.3 Å². The molecule has 4 aliphatic carbocycles. The summed E-state index contributed by atoms with van der Waals surface area (Å²) in [7, 11) is 0. The van der Waals surface area contributed by atoms with Gasteiger partial charge in [-0.3, -0.25) is 9.59 Å². The number of esters is 1. The van der Waals surface area contributed by atoms with Gasteiger partial charge in [0.05, 0.1) is 0 Å². The molecule has 3 fully saturated rings. The average molecular weight is 457 g/mol. The molecule has 3 nitrogen and oxygen atoms in total. The van der Waals surface area contributed by atoms with Crippen molar-refractivity contribution in [1.29, 1.82) is 0 Å². The van der Waals surface area contributed by atoms with Crippen molar-refractivity contribution in [3.8, 4) is 0 Å². The zero-order valence-corrected chi connectivity index (χ0v) is 22.3. The summed E-state index contributed by atoms with van der Waals surface area (Å²) in [4.78, 5) is 24.8. The Morgan fingerprint density at radius 2 is 1.82 bits per heavy atom. The molecule has 0 saturated heterocycles. The van der Waals surface area contributed by atoms with E-state index in [0.717, 1.165) is 37.0 Å². The number of carbonyl (C=O) groups is 2. The maximum atomic E-state index is 12.6. The molecule has 8 atom stereocenters. The van der Waals surface area contributed by atoms with E-state index >= 15 is 0 Å². The Morgan fingerprint density at radius 1 is 1.09 bits per heavy atom. The van der Waals surface area contributed by atoms with Crippen LogP contribution in [0, 0.1) is 46.3 Å². The van der Waals surface area contributed by atoms with Gasteiger partial charge in [-0.1, -0.05) is 66.4 Å². The van der Waals surface area contributed by atoms with Crippen molar-refractivity contribution in [2.24, 2.45) is 46.3 Å². The summed E-state index contributed by atoms with van der Waals surface area (Å²) in [6.07, 6.45) is 11.3. The first-order chi connectivity index (χ1) is 15.5. The van der Waals surface area contributed by atoms with E-state index in [1.807, 2.05) is 0 Å². The highest BCUT2D eigenvalue weighted by atomic mass is 16.5. The zero-order valence-electron chi connectivity index (χ0n) is 22.3. The Morgan fingerprint density at radius 3 is 2.48 bits per heavy atom. The quantitative estimate of drug-likeness (QED) is 0.306. The van der Waals surface area contributed by atoms with Crippen molar-refractivity contribution < 1.29 is 14.3 Å². The third-order valence-electron chi connectivity index (χ3n) is 10.8. The van der Waals surface area contributed by atoms with Crippen molar-refractivity contribution in [3.05, 3.63) is 11.1 Å². The smallest absolute Gasteiger partial charge is 0.303 e. The number of rotatable bonds is 6. The zero-order chi connectivity index (χ0) is 24.1. The summed E-state index contributed by atoms with van der Waals surface area (Å²) >= 11 is 0. The molecule has 0 spiro atoms. The lowest BCUT2D eigenvalue weighted by Crippen LogP contribution is -2.54. The lowest BCUT2D eigenvalue weighted by atomic mass is 9.46. The van der Waals surface area contributed by atoms with Gasteiger partial charge in [0.1, 0.15) is 11.9 Å². The molecule has 1 unspecified atom stereocenters. The van der Waals surface area contributed by atoms with Gasteiger partial charge in [-0.15, -0.1) is 0 Å². The third kappa shape index (κ3) is 4.25. The Kier molecular flexibility index (Phi) is 6.93. The van der Waals surface area contributed by atoms with Crippen LogP contribution in [0.1, 0.15) is 113 Å². The highest BCUT2D eigenvalue weighted by Gasteiger charge is 2.60. The summed E-state index contributed by atoms with van der Waals surface area (Å²) in [5.41, 5.74) is 3.56. The van der Waals surface area contributed by atoms with Gasteiger partial charge in [-0.2, -0.15) is 0 Å². The fourth-order valence-corrected chi connectivity index (χ4v) is 8.99. The topological polar surface area (TPSA) is 43.4 Å². The number of carbonyl (C=O) groups excluding carboxylic acids is 2. The summed E-state index contributed by atoms with van der Waals surface area (Å²) < 4.78 is 6.07. The summed E-state index contributed by atoms with van der Waals surface area (Å²) in [5.74, 6) is 3.39. The summed E-state index contributed by atoms with van der Waals surface area (Å²) in [6, 6.07) is 0. The molecule has 0 aromatic rings. The first-order valence-corrected chi connectivity index (χ1v) is 13.9. The van der Waals surface area contributed by atoms with Crippen molar-refractivity contribution in [3.63, 3.8) is 0 Å². The van der Waals surface area contributed by atoms with Crippen LogP contribution >= 0.6 is 0 Å². The molecule has 4 aliphatic rings. The van der Waals surface area contributed by atoms with Gasteiger partial charge in [-0.25, -0.2) is 0 Å². The molecule has 3 saturated carbocycles. The summed E-state index contributed by atoms with van der Waals surface area (Å²) in [5, 5.41) is 0. The highest BCUT2D eigenvalue weighted by Crippen LogP contribution is 2.66. The molecular formula is C30H48O3. The minimum Gasteiger partial charge on any atom is -0.458 e. The number of ketones is 1. The first kappa shape index (κ1) is 25.0. The molecule has 0 bridgehead atoms. The van der Waals surface area contributed by atoms with Gasteiger partial charge in [0.25, 0.3) is 0 Å².